The molecule has 0 aliphatic rings. The summed E-state index contributed by atoms with van der Waals surface area (Å²) in [7, 11) is 0. The Morgan fingerprint density at radius 1 is 1.03 bits per heavy atom. The van der Waals surface area contributed by atoms with E-state index in [1.807, 2.05) is 73.1 Å². The molecule has 0 spiro atoms. The molecule has 8 heteroatoms. The third-order valence-corrected chi connectivity index (χ3v) is 5.08. The molecule has 2 aromatic heterocycles. The highest BCUT2D eigenvalue weighted by atomic mass is 35.5. The third-order valence-electron chi connectivity index (χ3n) is 4.82. The number of hydrogen-bond acceptors (Lipinski definition) is 4. The highest BCUT2D eigenvalue weighted by Gasteiger charge is 2.17. The van der Waals surface area contributed by atoms with Gasteiger partial charge in [0.05, 0.1) is 24.3 Å². The Balaban J connectivity index is 1.44. The van der Waals surface area contributed by atoms with Gasteiger partial charge in [0.25, 0.3) is 0 Å². The van der Waals surface area contributed by atoms with E-state index in [4.69, 9.17) is 11.6 Å². The number of halogens is 1. The monoisotopic (exact) mass is 420 g/mol. The second-order valence-electron chi connectivity index (χ2n) is 7.01. The van der Waals surface area contributed by atoms with Crippen molar-refractivity contribution in [2.75, 3.05) is 5.32 Å². The molecule has 2 heterocycles. The second kappa shape index (κ2) is 8.51. The van der Waals surface area contributed by atoms with E-state index >= 15 is 0 Å². The highest BCUT2D eigenvalue weighted by molar-refractivity contribution is 6.30. The van der Waals surface area contributed by atoms with E-state index in [9.17, 15) is 4.79 Å². The van der Waals surface area contributed by atoms with Crippen molar-refractivity contribution < 1.29 is 4.79 Å². The molecule has 1 N–H and O–H groups in total. The van der Waals surface area contributed by atoms with Crippen LogP contribution in [0.15, 0.2) is 60.9 Å². The molecule has 152 valence electrons. The van der Waals surface area contributed by atoms with Crippen LogP contribution in [0.2, 0.25) is 5.02 Å². The number of amides is 1. The van der Waals surface area contributed by atoms with Crippen LogP contribution in [-0.4, -0.2) is 30.5 Å². The van der Waals surface area contributed by atoms with Crippen LogP contribution in [0.25, 0.3) is 5.69 Å². The number of nitrogens with zero attached hydrogens (tertiary/aromatic N) is 5. The first-order valence-corrected chi connectivity index (χ1v) is 9.91. The zero-order valence-electron chi connectivity index (χ0n) is 16.7. The van der Waals surface area contributed by atoms with Gasteiger partial charge in [0.1, 0.15) is 6.33 Å². The Kier molecular flexibility index (Phi) is 5.63. The molecule has 0 saturated heterocycles. The van der Waals surface area contributed by atoms with E-state index in [1.165, 1.54) is 0 Å². The van der Waals surface area contributed by atoms with Crippen molar-refractivity contribution in [1.82, 2.24) is 24.5 Å². The van der Waals surface area contributed by atoms with E-state index < -0.39 is 0 Å². The average molecular weight is 421 g/mol. The summed E-state index contributed by atoms with van der Waals surface area (Å²) in [6.07, 6.45) is 1.80. The van der Waals surface area contributed by atoms with E-state index in [1.54, 1.807) is 11.0 Å². The van der Waals surface area contributed by atoms with Gasteiger partial charge in [-0.1, -0.05) is 41.9 Å². The number of carbonyl (C=O) groups excluding carboxylic acids is 1. The number of aryl methyl sites for hydroxylation is 1. The molecule has 0 aliphatic carbocycles. The molecule has 4 aromatic rings. The van der Waals surface area contributed by atoms with Crippen LogP contribution in [0, 0.1) is 13.8 Å². The lowest BCUT2D eigenvalue weighted by Crippen LogP contribution is -2.16. The van der Waals surface area contributed by atoms with Gasteiger partial charge in [-0.2, -0.15) is 5.10 Å². The van der Waals surface area contributed by atoms with Gasteiger partial charge < -0.3 is 0 Å². The Hall–Kier alpha value is -3.45. The molecule has 7 nitrogen and oxygen atoms in total. The van der Waals surface area contributed by atoms with Gasteiger partial charge in [-0.15, -0.1) is 5.10 Å². The fourth-order valence-electron chi connectivity index (χ4n) is 3.29. The SMILES string of the molecule is Cc1nn(-c2ccc(Cl)cc2)c(C)c1CC(=O)Nc1ncn(Cc2ccccc2)n1. The third kappa shape index (κ3) is 4.41. The summed E-state index contributed by atoms with van der Waals surface area (Å²) in [6.45, 7) is 4.44. The maximum Gasteiger partial charge on any atom is 0.248 e. The number of benzene rings is 2. The van der Waals surface area contributed by atoms with Crippen molar-refractivity contribution >= 4 is 23.5 Å². The molecule has 0 bridgehead atoms. The van der Waals surface area contributed by atoms with Crippen LogP contribution in [0.1, 0.15) is 22.5 Å². The van der Waals surface area contributed by atoms with Crippen molar-refractivity contribution in [3.05, 3.63) is 88.5 Å². The van der Waals surface area contributed by atoms with Gasteiger partial charge in [0, 0.05) is 16.3 Å². The molecule has 1 amide bonds. The topological polar surface area (TPSA) is 77.6 Å². The first-order chi connectivity index (χ1) is 14.5. The second-order valence-corrected chi connectivity index (χ2v) is 7.45. The summed E-state index contributed by atoms with van der Waals surface area (Å²) in [5, 5.41) is 12.3. The molecular formula is C22H21ClN6O. The number of aromatic nitrogens is 5. The van der Waals surface area contributed by atoms with Gasteiger partial charge in [0.15, 0.2) is 0 Å². The lowest BCUT2D eigenvalue weighted by Gasteiger charge is -2.06. The molecule has 0 atom stereocenters. The maximum atomic E-state index is 12.6. The lowest BCUT2D eigenvalue weighted by atomic mass is 10.1. The van der Waals surface area contributed by atoms with E-state index in [0.717, 1.165) is 28.2 Å². The van der Waals surface area contributed by atoms with Gasteiger partial charge in [-0.25, -0.2) is 14.3 Å². The Morgan fingerprint density at radius 3 is 2.50 bits per heavy atom. The number of rotatable bonds is 6. The van der Waals surface area contributed by atoms with Crippen LogP contribution in [0.3, 0.4) is 0 Å². The number of carbonyl (C=O) groups is 1. The van der Waals surface area contributed by atoms with Crippen molar-refractivity contribution in [3.63, 3.8) is 0 Å². The molecule has 0 fully saturated rings. The summed E-state index contributed by atoms with van der Waals surface area (Å²) < 4.78 is 3.51. The smallest absolute Gasteiger partial charge is 0.248 e. The molecule has 2 aromatic carbocycles. The summed E-state index contributed by atoms with van der Waals surface area (Å²) >= 11 is 5.97. The van der Waals surface area contributed by atoms with Crippen molar-refractivity contribution in [1.29, 1.82) is 0 Å². The summed E-state index contributed by atoms with van der Waals surface area (Å²) in [5.74, 6) is 0.102. The Morgan fingerprint density at radius 2 is 1.77 bits per heavy atom. The van der Waals surface area contributed by atoms with Crippen LogP contribution in [0.5, 0.6) is 0 Å². The number of hydrogen-bond donors (Lipinski definition) is 1. The molecule has 4 rings (SSSR count). The molecule has 30 heavy (non-hydrogen) atoms. The number of anilines is 1. The zero-order chi connectivity index (χ0) is 21.1. The fraction of sp³-hybridized carbons (Fsp3) is 0.182. The van der Waals surface area contributed by atoms with Gasteiger partial charge in [-0.3, -0.25) is 10.1 Å². The minimum absolute atomic E-state index is 0.186. The minimum atomic E-state index is -0.186. The fourth-order valence-corrected chi connectivity index (χ4v) is 3.42. The van der Waals surface area contributed by atoms with Gasteiger partial charge in [0.2, 0.25) is 11.9 Å². The van der Waals surface area contributed by atoms with E-state index in [0.29, 0.717) is 11.6 Å². The summed E-state index contributed by atoms with van der Waals surface area (Å²) in [4.78, 5) is 16.8. The maximum absolute atomic E-state index is 12.6. The van der Waals surface area contributed by atoms with Crippen LogP contribution >= 0.6 is 11.6 Å². The number of nitrogens with one attached hydrogen (secondary N) is 1. The largest absolute Gasteiger partial charge is 0.293 e. The predicted octanol–water partition coefficient (Wildman–Crippen LogP) is 3.96. The molecule has 0 unspecified atom stereocenters. The molecular weight excluding hydrogens is 400 g/mol. The van der Waals surface area contributed by atoms with E-state index in [-0.39, 0.29) is 18.3 Å². The quantitative estimate of drug-likeness (QED) is 0.512. The lowest BCUT2D eigenvalue weighted by molar-refractivity contribution is -0.115. The van der Waals surface area contributed by atoms with E-state index in [2.05, 4.69) is 20.5 Å². The van der Waals surface area contributed by atoms with Gasteiger partial charge in [-0.05, 0) is 43.7 Å². The first-order valence-electron chi connectivity index (χ1n) is 9.54. The van der Waals surface area contributed by atoms with Gasteiger partial charge >= 0.3 is 0 Å². The van der Waals surface area contributed by atoms with Crippen molar-refractivity contribution in [2.24, 2.45) is 0 Å². The molecule has 0 saturated carbocycles. The van der Waals surface area contributed by atoms with Crippen LogP contribution in [-0.2, 0) is 17.8 Å². The van der Waals surface area contributed by atoms with Crippen LogP contribution in [0.4, 0.5) is 5.95 Å². The Labute approximate surface area is 179 Å². The molecule has 0 radical (unpaired) electrons. The predicted molar refractivity (Wildman–Crippen MR) is 116 cm³/mol. The summed E-state index contributed by atoms with van der Waals surface area (Å²) in [5.41, 5.74) is 4.60. The minimum Gasteiger partial charge on any atom is -0.293 e. The Bertz CT molecular complexity index is 1160. The normalized spacial score (nSPS) is 10.9. The van der Waals surface area contributed by atoms with Crippen molar-refractivity contribution in [2.45, 2.75) is 26.8 Å². The molecule has 0 aliphatic heterocycles. The standard InChI is InChI=1S/C22H21ClN6O/c1-15-20(16(2)29(26-15)19-10-8-18(23)9-11-19)12-21(30)25-22-24-14-28(27-22)13-17-6-4-3-5-7-17/h3-11,14H,12-13H2,1-2H3,(H,25,27,30). The first kappa shape index (κ1) is 19.8. The van der Waals surface area contributed by atoms with Crippen molar-refractivity contribution in [3.8, 4) is 5.69 Å². The average Bonchev–Trinajstić information content (AvgIpc) is 3.28. The summed E-state index contributed by atoms with van der Waals surface area (Å²) in [6, 6.07) is 17.4. The zero-order valence-corrected chi connectivity index (χ0v) is 17.5. The van der Waals surface area contributed by atoms with Crippen LogP contribution < -0.4 is 5.32 Å². The highest BCUT2D eigenvalue weighted by Crippen LogP contribution is 2.20.